The van der Waals surface area contributed by atoms with E-state index in [1.165, 1.54) is 34.5 Å². The molecular weight excluding hydrogens is 406 g/mol. The Balaban J connectivity index is 1.43. The third kappa shape index (κ3) is 4.06. The van der Waals surface area contributed by atoms with Crippen molar-refractivity contribution in [2.24, 2.45) is 20.0 Å². The smallest absolute Gasteiger partial charge is 0.332 e. The summed E-state index contributed by atoms with van der Waals surface area (Å²) in [5, 5.41) is 0. The second kappa shape index (κ2) is 8.84. The Labute approximate surface area is 188 Å². The van der Waals surface area contributed by atoms with Gasteiger partial charge in [-0.1, -0.05) is 12.1 Å². The molecule has 1 amide bonds. The van der Waals surface area contributed by atoms with E-state index in [0.717, 1.165) is 37.0 Å². The molecule has 0 aliphatic carbocycles. The molecule has 4 rings (SSSR count). The summed E-state index contributed by atoms with van der Waals surface area (Å²) < 4.78 is 2.60. The third-order valence-corrected chi connectivity index (χ3v) is 7.10. The SMILES string of the molecule is Cc1cccc(N2CCN(C(=O)[C@@H]3CCCN(c4cc(=O)n(C)c(=O)n4C)C3)CC2)c1C. The van der Waals surface area contributed by atoms with Gasteiger partial charge in [0.05, 0.1) is 5.92 Å². The zero-order chi connectivity index (χ0) is 23.0. The summed E-state index contributed by atoms with van der Waals surface area (Å²) in [5.74, 6) is 0.662. The molecule has 1 atom stereocenters. The lowest BCUT2D eigenvalue weighted by Crippen LogP contribution is -2.53. The summed E-state index contributed by atoms with van der Waals surface area (Å²) in [5.41, 5.74) is 3.18. The molecule has 0 bridgehead atoms. The Morgan fingerprint density at radius 2 is 1.66 bits per heavy atom. The molecule has 2 fully saturated rings. The summed E-state index contributed by atoms with van der Waals surface area (Å²) in [6.45, 7) is 8.65. The third-order valence-electron chi connectivity index (χ3n) is 7.10. The second-order valence-electron chi connectivity index (χ2n) is 9.06. The minimum Gasteiger partial charge on any atom is -0.368 e. The van der Waals surface area contributed by atoms with Gasteiger partial charge in [0, 0.05) is 65.1 Å². The number of nitrogens with zero attached hydrogens (tertiary/aromatic N) is 5. The minimum atomic E-state index is -0.344. The number of carbonyl (C=O) groups excluding carboxylic acids is 1. The van der Waals surface area contributed by atoms with Crippen LogP contribution in [0.5, 0.6) is 0 Å². The topological polar surface area (TPSA) is 70.8 Å². The van der Waals surface area contributed by atoms with Gasteiger partial charge in [0.25, 0.3) is 5.56 Å². The normalized spacial score (nSPS) is 19.4. The highest BCUT2D eigenvalue weighted by Gasteiger charge is 2.32. The Kier molecular flexibility index (Phi) is 6.13. The quantitative estimate of drug-likeness (QED) is 0.720. The Morgan fingerprint density at radius 3 is 2.38 bits per heavy atom. The lowest BCUT2D eigenvalue weighted by atomic mass is 9.96. The molecule has 0 N–H and O–H groups in total. The van der Waals surface area contributed by atoms with Gasteiger partial charge < -0.3 is 14.7 Å². The monoisotopic (exact) mass is 439 g/mol. The highest BCUT2D eigenvalue weighted by Crippen LogP contribution is 2.26. The van der Waals surface area contributed by atoms with Crippen molar-refractivity contribution in [2.75, 3.05) is 49.1 Å². The lowest BCUT2D eigenvalue weighted by Gasteiger charge is -2.40. The zero-order valence-corrected chi connectivity index (χ0v) is 19.5. The average molecular weight is 440 g/mol. The van der Waals surface area contributed by atoms with Crippen molar-refractivity contribution in [2.45, 2.75) is 26.7 Å². The van der Waals surface area contributed by atoms with Gasteiger partial charge in [-0.05, 0) is 43.9 Å². The van der Waals surface area contributed by atoms with E-state index in [1.807, 2.05) is 9.80 Å². The number of aromatic nitrogens is 2. The number of piperazine rings is 1. The van der Waals surface area contributed by atoms with Gasteiger partial charge in [-0.15, -0.1) is 0 Å². The fourth-order valence-electron chi connectivity index (χ4n) is 4.92. The summed E-state index contributed by atoms with van der Waals surface area (Å²) in [6, 6.07) is 7.88. The molecule has 0 radical (unpaired) electrons. The predicted octanol–water partition coefficient (Wildman–Crippen LogP) is 1.27. The summed E-state index contributed by atoms with van der Waals surface area (Å²) in [6.07, 6.45) is 1.70. The molecule has 2 aromatic rings. The van der Waals surface area contributed by atoms with Crippen LogP contribution in [-0.4, -0.2) is 59.2 Å². The number of anilines is 2. The molecule has 0 saturated carbocycles. The van der Waals surface area contributed by atoms with E-state index >= 15 is 0 Å². The van der Waals surface area contributed by atoms with E-state index in [9.17, 15) is 14.4 Å². The van der Waals surface area contributed by atoms with Crippen molar-refractivity contribution in [3.05, 3.63) is 56.2 Å². The number of carbonyl (C=O) groups is 1. The lowest BCUT2D eigenvalue weighted by molar-refractivity contribution is -0.136. The molecule has 172 valence electrons. The van der Waals surface area contributed by atoms with Crippen molar-refractivity contribution in [3.63, 3.8) is 0 Å². The molecule has 3 heterocycles. The molecule has 2 aliphatic rings. The van der Waals surface area contributed by atoms with Gasteiger partial charge in [0.15, 0.2) is 0 Å². The first-order valence-electron chi connectivity index (χ1n) is 11.4. The van der Waals surface area contributed by atoms with Crippen LogP contribution in [0, 0.1) is 19.8 Å². The van der Waals surface area contributed by atoms with Crippen molar-refractivity contribution in [3.8, 4) is 0 Å². The van der Waals surface area contributed by atoms with Gasteiger partial charge in [-0.3, -0.25) is 18.7 Å². The molecule has 1 aromatic carbocycles. The van der Waals surface area contributed by atoms with E-state index < -0.39 is 0 Å². The van der Waals surface area contributed by atoms with Gasteiger partial charge in [-0.25, -0.2) is 4.79 Å². The van der Waals surface area contributed by atoms with E-state index in [-0.39, 0.29) is 23.1 Å². The van der Waals surface area contributed by atoms with Gasteiger partial charge in [0.2, 0.25) is 5.91 Å². The molecule has 0 spiro atoms. The summed E-state index contributed by atoms with van der Waals surface area (Å²) >= 11 is 0. The van der Waals surface area contributed by atoms with Crippen molar-refractivity contribution < 1.29 is 4.79 Å². The van der Waals surface area contributed by atoms with Gasteiger partial charge >= 0.3 is 5.69 Å². The molecule has 1 aromatic heterocycles. The van der Waals surface area contributed by atoms with Crippen LogP contribution in [0.3, 0.4) is 0 Å². The number of hydrogen-bond acceptors (Lipinski definition) is 5. The maximum atomic E-state index is 13.3. The van der Waals surface area contributed by atoms with Crippen LogP contribution < -0.4 is 21.0 Å². The number of amides is 1. The maximum absolute atomic E-state index is 13.3. The fourth-order valence-corrected chi connectivity index (χ4v) is 4.92. The van der Waals surface area contributed by atoms with Crippen molar-refractivity contribution >= 4 is 17.4 Å². The van der Waals surface area contributed by atoms with Gasteiger partial charge in [0.1, 0.15) is 5.82 Å². The van der Waals surface area contributed by atoms with E-state index in [0.29, 0.717) is 25.5 Å². The number of benzene rings is 1. The van der Waals surface area contributed by atoms with Crippen molar-refractivity contribution in [1.82, 2.24) is 14.0 Å². The van der Waals surface area contributed by atoms with Crippen LogP contribution in [-0.2, 0) is 18.9 Å². The Morgan fingerprint density at radius 1 is 0.938 bits per heavy atom. The first-order chi connectivity index (χ1) is 15.3. The van der Waals surface area contributed by atoms with E-state index in [2.05, 4.69) is 36.9 Å². The van der Waals surface area contributed by atoms with E-state index in [4.69, 9.17) is 0 Å². The largest absolute Gasteiger partial charge is 0.368 e. The first kappa shape index (κ1) is 22.2. The Hall–Kier alpha value is -3.03. The van der Waals surface area contributed by atoms with Crippen LogP contribution in [0.25, 0.3) is 0 Å². The van der Waals surface area contributed by atoms with Gasteiger partial charge in [-0.2, -0.15) is 0 Å². The number of piperidine rings is 1. The molecule has 0 unspecified atom stereocenters. The molecular formula is C24H33N5O3. The predicted molar refractivity (Wildman–Crippen MR) is 127 cm³/mol. The number of aryl methyl sites for hydroxylation is 1. The summed E-state index contributed by atoms with van der Waals surface area (Å²) in [7, 11) is 3.16. The number of hydrogen-bond donors (Lipinski definition) is 0. The molecule has 8 heteroatoms. The van der Waals surface area contributed by atoms with Crippen LogP contribution >= 0.6 is 0 Å². The second-order valence-corrected chi connectivity index (χ2v) is 9.06. The summed E-state index contributed by atoms with van der Waals surface area (Å²) in [4.78, 5) is 44.2. The zero-order valence-electron chi connectivity index (χ0n) is 19.5. The van der Waals surface area contributed by atoms with Crippen LogP contribution in [0.4, 0.5) is 11.5 Å². The molecule has 32 heavy (non-hydrogen) atoms. The molecule has 2 saturated heterocycles. The molecule has 2 aliphatic heterocycles. The standard InChI is InChI=1S/C24H33N5O3/c1-17-7-5-9-20(18(17)2)27-11-13-28(14-12-27)23(31)19-8-6-10-29(16-19)21-15-22(30)26(4)24(32)25(21)3/h5,7,9,15,19H,6,8,10-14,16H2,1-4H3/t19-/m1/s1. The van der Waals surface area contributed by atoms with Crippen molar-refractivity contribution in [1.29, 1.82) is 0 Å². The van der Waals surface area contributed by atoms with Crippen LogP contribution in [0.15, 0.2) is 33.9 Å². The Bertz CT molecular complexity index is 1130. The fraction of sp³-hybridized carbons (Fsp3) is 0.542. The highest BCUT2D eigenvalue weighted by molar-refractivity contribution is 5.80. The minimum absolute atomic E-state index is 0.116. The highest BCUT2D eigenvalue weighted by atomic mass is 16.2. The maximum Gasteiger partial charge on any atom is 0.332 e. The number of rotatable bonds is 3. The first-order valence-corrected chi connectivity index (χ1v) is 11.4. The van der Waals surface area contributed by atoms with E-state index in [1.54, 1.807) is 7.05 Å². The molecule has 8 nitrogen and oxygen atoms in total. The van der Waals surface area contributed by atoms with Crippen LogP contribution in [0.2, 0.25) is 0 Å². The van der Waals surface area contributed by atoms with Crippen LogP contribution in [0.1, 0.15) is 24.0 Å². The average Bonchev–Trinajstić information content (AvgIpc) is 2.81.